The molecule has 1 N–H and O–H groups in total. The molecule has 0 spiro atoms. The Hall–Kier alpha value is -2.74. The lowest BCUT2D eigenvalue weighted by molar-refractivity contribution is -0.139. The Morgan fingerprint density at radius 1 is 1.28 bits per heavy atom. The Bertz CT molecular complexity index is 939. The molecular formula is C17H17N3O4S. The van der Waals surface area contributed by atoms with E-state index in [9.17, 15) is 9.00 Å². The first-order valence-electron chi connectivity index (χ1n) is 7.52. The van der Waals surface area contributed by atoms with E-state index in [-0.39, 0.29) is 18.1 Å². The number of rotatable bonds is 6. The molecule has 0 aliphatic rings. The van der Waals surface area contributed by atoms with Crippen LogP contribution in [0.15, 0.2) is 41.7 Å². The van der Waals surface area contributed by atoms with Crippen LogP contribution in [-0.2, 0) is 32.5 Å². The molecule has 3 aromatic rings. The first kappa shape index (κ1) is 17.1. The number of nitrogens with one attached hydrogen (secondary N) is 1. The van der Waals surface area contributed by atoms with Gasteiger partial charge in [0.2, 0.25) is 0 Å². The van der Waals surface area contributed by atoms with E-state index in [1.807, 2.05) is 0 Å². The monoisotopic (exact) mass is 359 g/mol. The van der Waals surface area contributed by atoms with Crippen LogP contribution in [0.2, 0.25) is 0 Å². The number of nitrogens with zero attached hydrogens (tertiary/aromatic N) is 2. The highest BCUT2D eigenvalue weighted by molar-refractivity contribution is 7.84. The minimum Gasteiger partial charge on any atom is -0.495 e. The minimum absolute atomic E-state index is 0.176. The Morgan fingerprint density at radius 3 is 2.88 bits per heavy atom. The average Bonchev–Trinajstić information content (AvgIpc) is 3.05. The number of ether oxygens (including phenoxy) is 2. The second kappa shape index (κ2) is 7.43. The number of carbonyl (C=O) groups excluding carboxylic acids is 1. The number of hydrogen-bond acceptors (Lipinski definition) is 6. The van der Waals surface area contributed by atoms with Crippen LogP contribution in [0.25, 0.3) is 11.0 Å². The standard InChI is InChI=1S/C17H17N3O4S/c1-23-15-4-3-7-18-14(15)10-25(22)17-19-12-6-5-11(8-13(12)20-17)9-16(21)24-2/h3-8H,9-10H2,1-2H3,(H,19,20). The normalized spacial score (nSPS) is 12.1. The number of esters is 1. The maximum atomic E-state index is 12.6. The summed E-state index contributed by atoms with van der Waals surface area (Å²) in [5.74, 6) is 0.469. The Labute approximate surface area is 146 Å². The third-order valence-electron chi connectivity index (χ3n) is 3.65. The van der Waals surface area contributed by atoms with Crippen molar-refractivity contribution >= 4 is 27.8 Å². The summed E-state index contributed by atoms with van der Waals surface area (Å²) in [5, 5.41) is 0.359. The van der Waals surface area contributed by atoms with Crippen LogP contribution in [0, 0.1) is 0 Å². The van der Waals surface area contributed by atoms with Crippen LogP contribution >= 0.6 is 0 Å². The topological polar surface area (TPSA) is 94.2 Å². The molecule has 1 aromatic carbocycles. The summed E-state index contributed by atoms with van der Waals surface area (Å²) in [5.41, 5.74) is 2.81. The fourth-order valence-corrected chi connectivity index (χ4v) is 3.43. The van der Waals surface area contributed by atoms with Crippen molar-refractivity contribution < 1.29 is 18.5 Å². The zero-order chi connectivity index (χ0) is 17.8. The van der Waals surface area contributed by atoms with Crippen LogP contribution in [0.5, 0.6) is 5.75 Å². The van der Waals surface area contributed by atoms with Gasteiger partial charge in [0.05, 0.1) is 53.9 Å². The molecule has 0 saturated heterocycles. The summed E-state index contributed by atoms with van der Waals surface area (Å²) >= 11 is 0. The number of aromatic amines is 1. The van der Waals surface area contributed by atoms with E-state index in [1.165, 1.54) is 7.11 Å². The summed E-state index contributed by atoms with van der Waals surface area (Å²) < 4.78 is 22.5. The highest BCUT2D eigenvalue weighted by Gasteiger charge is 2.15. The number of aromatic nitrogens is 3. The number of fused-ring (bicyclic) bond motifs is 1. The van der Waals surface area contributed by atoms with Gasteiger partial charge in [0.25, 0.3) is 0 Å². The molecule has 0 amide bonds. The van der Waals surface area contributed by atoms with Crippen LogP contribution in [-0.4, -0.2) is 39.3 Å². The van der Waals surface area contributed by atoms with E-state index in [0.717, 1.165) is 11.1 Å². The summed E-state index contributed by atoms with van der Waals surface area (Å²) in [6.45, 7) is 0. The Balaban J connectivity index is 1.83. The molecular weight excluding hydrogens is 342 g/mol. The lowest BCUT2D eigenvalue weighted by Gasteiger charge is -2.05. The van der Waals surface area contributed by atoms with Crippen LogP contribution in [0.4, 0.5) is 0 Å². The zero-order valence-electron chi connectivity index (χ0n) is 13.8. The van der Waals surface area contributed by atoms with Gasteiger partial charge in [0, 0.05) is 6.20 Å². The molecule has 0 fully saturated rings. The molecule has 0 aliphatic heterocycles. The Morgan fingerprint density at radius 2 is 2.12 bits per heavy atom. The lowest BCUT2D eigenvalue weighted by Crippen LogP contribution is -2.04. The van der Waals surface area contributed by atoms with Gasteiger partial charge in [0.1, 0.15) is 5.75 Å². The second-order valence-corrected chi connectivity index (χ2v) is 6.66. The van der Waals surface area contributed by atoms with Crippen molar-refractivity contribution in [1.82, 2.24) is 15.0 Å². The quantitative estimate of drug-likeness (QED) is 0.677. The molecule has 1 unspecified atom stereocenters. The SMILES string of the molecule is COC(=O)Cc1ccc2nc(S(=O)Cc3ncccc3OC)[nH]c2c1. The van der Waals surface area contributed by atoms with Gasteiger partial charge in [-0.3, -0.25) is 14.0 Å². The van der Waals surface area contributed by atoms with Crippen molar-refractivity contribution in [2.24, 2.45) is 0 Å². The number of benzene rings is 1. The Kier molecular flexibility index (Phi) is 5.08. The van der Waals surface area contributed by atoms with Crippen molar-refractivity contribution in [3.63, 3.8) is 0 Å². The molecule has 25 heavy (non-hydrogen) atoms. The van der Waals surface area contributed by atoms with Crippen molar-refractivity contribution in [1.29, 1.82) is 0 Å². The third-order valence-corrected chi connectivity index (χ3v) is 4.81. The summed E-state index contributed by atoms with van der Waals surface area (Å²) in [7, 11) is 1.50. The second-order valence-electron chi connectivity index (χ2n) is 5.29. The van der Waals surface area contributed by atoms with E-state index in [0.29, 0.717) is 22.1 Å². The van der Waals surface area contributed by atoms with E-state index in [1.54, 1.807) is 43.6 Å². The van der Waals surface area contributed by atoms with Gasteiger partial charge >= 0.3 is 5.97 Å². The summed E-state index contributed by atoms with van der Waals surface area (Å²) in [6.07, 6.45) is 1.81. The number of H-pyrrole nitrogens is 1. The maximum Gasteiger partial charge on any atom is 0.309 e. The van der Waals surface area contributed by atoms with E-state index in [2.05, 4.69) is 19.7 Å². The highest BCUT2D eigenvalue weighted by Crippen LogP contribution is 2.21. The fourth-order valence-electron chi connectivity index (χ4n) is 2.40. The molecule has 3 rings (SSSR count). The fraction of sp³-hybridized carbons (Fsp3) is 0.235. The average molecular weight is 359 g/mol. The first-order chi connectivity index (χ1) is 12.1. The van der Waals surface area contributed by atoms with Gasteiger partial charge < -0.3 is 14.5 Å². The van der Waals surface area contributed by atoms with Gasteiger partial charge in [-0.25, -0.2) is 4.98 Å². The molecule has 1 atom stereocenters. The van der Waals surface area contributed by atoms with E-state index < -0.39 is 10.8 Å². The highest BCUT2D eigenvalue weighted by atomic mass is 32.2. The smallest absolute Gasteiger partial charge is 0.309 e. The number of imidazole rings is 1. The molecule has 0 radical (unpaired) electrons. The summed E-state index contributed by atoms with van der Waals surface area (Å²) in [6, 6.07) is 8.93. The molecule has 0 aliphatic carbocycles. The van der Waals surface area contributed by atoms with Crippen molar-refractivity contribution in [3.8, 4) is 5.75 Å². The molecule has 0 saturated carbocycles. The van der Waals surface area contributed by atoms with Gasteiger partial charge in [-0.1, -0.05) is 6.07 Å². The molecule has 8 heteroatoms. The number of carbonyl (C=O) groups is 1. The van der Waals surface area contributed by atoms with Crippen LogP contribution in [0.1, 0.15) is 11.3 Å². The van der Waals surface area contributed by atoms with Crippen LogP contribution in [0.3, 0.4) is 0 Å². The van der Waals surface area contributed by atoms with Gasteiger partial charge in [0.15, 0.2) is 5.16 Å². The van der Waals surface area contributed by atoms with E-state index in [4.69, 9.17) is 4.74 Å². The van der Waals surface area contributed by atoms with Gasteiger partial charge in [-0.05, 0) is 29.8 Å². The number of hydrogen-bond donors (Lipinski definition) is 1. The van der Waals surface area contributed by atoms with Crippen molar-refractivity contribution in [3.05, 3.63) is 47.8 Å². The van der Waals surface area contributed by atoms with Gasteiger partial charge in [-0.15, -0.1) is 0 Å². The third kappa shape index (κ3) is 3.85. The molecule has 0 bridgehead atoms. The lowest BCUT2D eigenvalue weighted by atomic mass is 10.1. The minimum atomic E-state index is -1.40. The number of pyridine rings is 1. The molecule has 7 nitrogen and oxygen atoms in total. The predicted octanol–water partition coefficient (Wildman–Crippen LogP) is 1.99. The zero-order valence-corrected chi connectivity index (χ0v) is 14.6. The summed E-state index contributed by atoms with van der Waals surface area (Å²) in [4.78, 5) is 23.0. The number of methoxy groups -OCH3 is 2. The predicted molar refractivity (Wildman–Crippen MR) is 92.7 cm³/mol. The molecule has 2 aromatic heterocycles. The molecule has 130 valence electrons. The first-order valence-corrected chi connectivity index (χ1v) is 8.84. The largest absolute Gasteiger partial charge is 0.495 e. The van der Waals surface area contributed by atoms with Crippen molar-refractivity contribution in [2.75, 3.05) is 14.2 Å². The van der Waals surface area contributed by atoms with Gasteiger partial charge in [-0.2, -0.15) is 0 Å². The maximum absolute atomic E-state index is 12.6. The van der Waals surface area contributed by atoms with Crippen molar-refractivity contribution in [2.45, 2.75) is 17.3 Å². The molecule has 2 heterocycles. The van der Waals surface area contributed by atoms with E-state index >= 15 is 0 Å². The van der Waals surface area contributed by atoms with Crippen LogP contribution < -0.4 is 4.74 Å².